The lowest BCUT2D eigenvalue weighted by atomic mass is 10.2. The Labute approximate surface area is 109 Å². The molecule has 2 aromatic rings. The molecule has 0 bridgehead atoms. The van der Waals surface area contributed by atoms with Crippen LogP contribution in [-0.4, -0.2) is 4.57 Å². The Morgan fingerprint density at radius 2 is 2.00 bits per heavy atom. The monoisotopic (exact) mass is 291 g/mol. The minimum absolute atomic E-state index is 0.0864. The Kier molecular flexibility index (Phi) is 3.48. The normalized spacial score (nSPS) is 10.5. The van der Waals surface area contributed by atoms with E-state index < -0.39 is 0 Å². The zero-order chi connectivity index (χ0) is 12.4. The molecule has 0 aliphatic heterocycles. The summed E-state index contributed by atoms with van der Waals surface area (Å²) in [6, 6.07) is 9.92. The fraction of sp³-hybridized carbons (Fsp3) is 0.214. The maximum atomic E-state index is 11.7. The zero-order valence-electron chi connectivity index (χ0n) is 9.90. The summed E-state index contributed by atoms with van der Waals surface area (Å²) in [6.45, 7) is 4.01. The zero-order valence-corrected chi connectivity index (χ0v) is 11.5. The van der Waals surface area contributed by atoms with Gasteiger partial charge in [0, 0.05) is 34.5 Å². The molecule has 0 saturated heterocycles. The van der Waals surface area contributed by atoms with Crippen LogP contribution in [0.1, 0.15) is 16.8 Å². The van der Waals surface area contributed by atoms with Crippen LogP contribution in [0.2, 0.25) is 0 Å². The van der Waals surface area contributed by atoms with Crippen molar-refractivity contribution in [3.05, 3.63) is 63.6 Å². The van der Waals surface area contributed by atoms with Crippen molar-refractivity contribution in [1.82, 2.24) is 4.57 Å². The van der Waals surface area contributed by atoms with E-state index in [4.69, 9.17) is 0 Å². The van der Waals surface area contributed by atoms with Crippen LogP contribution >= 0.6 is 15.9 Å². The molecule has 0 aliphatic rings. The Morgan fingerprint density at radius 3 is 2.65 bits per heavy atom. The van der Waals surface area contributed by atoms with Crippen LogP contribution < -0.4 is 5.43 Å². The van der Waals surface area contributed by atoms with Crippen molar-refractivity contribution in [3.8, 4) is 5.69 Å². The molecule has 1 aromatic carbocycles. The first-order valence-electron chi connectivity index (χ1n) is 5.47. The second kappa shape index (κ2) is 4.88. The highest BCUT2D eigenvalue weighted by Gasteiger charge is 2.04. The summed E-state index contributed by atoms with van der Waals surface area (Å²) in [4.78, 5) is 11.7. The van der Waals surface area contributed by atoms with Gasteiger partial charge in [-0.15, -0.1) is 0 Å². The minimum atomic E-state index is 0.0864. The van der Waals surface area contributed by atoms with Crippen LogP contribution in [0.25, 0.3) is 5.69 Å². The van der Waals surface area contributed by atoms with Crippen molar-refractivity contribution in [3.63, 3.8) is 0 Å². The van der Waals surface area contributed by atoms with Gasteiger partial charge in [0.15, 0.2) is 5.43 Å². The highest BCUT2D eigenvalue weighted by Crippen LogP contribution is 2.13. The molecular formula is C14H14BrNO. The highest BCUT2D eigenvalue weighted by molar-refractivity contribution is 9.08. The largest absolute Gasteiger partial charge is 0.321 e. The lowest BCUT2D eigenvalue weighted by Crippen LogP contribution is -2.12. The van der Waals surface area contributed by atoms with Crippen molar-refractivity contribution in [2.45, 2.75) is 19.2 Å². The van der Waals surface area contributed by atoms with Crippen LogP contribution in [0.4, 0.5) is 0 Å². The summed E-state index contributed by atoms with van der Waals surface area (Å²) in [6.07, 6.45) is 1.90. The van der Waals surface area contributed by atoms with Crippen LogP contribution in [0.5, 0.6) is 0 Å². The van der Waals surface area contributed by atoms with E-state index in [0.29, 0.717) is 5.33 Å². The van der Waals surface area contributed by atoms with Gasteiger partial charge < -0.3 is 4.57 Å². The number of benzene rings is 1. The third kappa shape index (κ3) is 2.50. The summed E-state index contributed by atoms with van der Waals surface area (Å²) in [7, 11) is 0. The molecule has 3 heteroatoms. The molecule has 2 nitrogen and oxygen atoms in total. The van der Waals surface area contributed by atoms with E-state index in [1.807, 2.05) is 29.8 Å². The van der Waals surface area contributed by atoms with Gasteiger partial charge in [0.2, 0.25) is 0 Å². The average molecular weight is 292 g/mol. The molecule has 0 N–H and O–H groups in total. The van der Waals surface area contributed by atoms with Crippen LogP contribution in [0, 0.1) is 13.8 Å². The SMILES string of the molecule is Cc1cccc(-n2cc(CBr)c(=O)cc2C)c1. The van der Waals surface area contributed by atoms with Gasteiger partial charge in [-0.05, 0) is 31.5 Å². The van der Waals surface area contributed by atoms with E-state index in [1.54, 1.807) is 6.07 Å². The summed E-state index contributed by atoms with van der Waals surface area (Å²) < 4.78 is 2.05. The number of halogens is 1. The number of alkyl halides is 1. The molecule has 2 rings (SSSR count). The molecule has 0 saturated carbocycles. The Bertz CT molecular complexity index is 601. The van der Waals surface area contributed by atoms with Gasteiger partial charge in [-0.2, -0.15) is 0 Å². The van der Waals surface area contributed by atoms with Gasteiger partial charge in [0.25, 0.3) is 0 Å². The molecule has 0 aliphatic carbocycles. The summed E-state index contributed by atoms with van der Waals surface area (Å²) in [5.74, 6) is 0. The van der Waals surface area contributed by atoms with Gasteiger partial charge in [0.1, 0.15) is 0 Å². The predicted octanol–water partition coefficient (Wildman–Crippen LogP) is 3.35. The molecule has 0 fully saturated rings. The average Bonchev–Trinajstić information content (AvgIpc) is 2.29. The van der Waals surface area contributed by atoms with Crippen molar-refractivity contribution < 1.29 is 0 Å². The van der Waals surface area contributed by atoms with Gasteiger partial charge in [-0.25, -0.2) is 0 Å². The van der Waals surface area contributed by atoms with Crippen molar-refractivity contribution in [2.75, 3.05) is 0 Å². The summed E-state index contributed by atoms with van der Waals surface area (Å²) >= 11 is 3.34. The summed E-state index contributed by atoms with van der Waals surface area (Å²) in [5.41, 5.74) is 4.11. The predicted molar refractivity (Wildman–Crippen MR) is 74.1 cm³/mol. The molecule has 0 unspecified atom stereocenters. The fourth-order valence-corrected chi connectivity index (χ4v) is 2.25. The second-order valence-corrected chi connectivity index (χ2v) is 4.71. The molecule has 0 atom stereocenters. The maximum Gasteiger partial charge on any atom is 0.185 e. The topological polar surface area (TPSA) is 22.0 Å². The van der Waals surface area contributed by atoms with E-state index >= 15 is 0 Å². The quantitative estimate of drug-likeness (QED) is 0.778. The van der Waals surface area contributed by atoms with Crippen molar-refractivity contribution >= 4 is 15.9 Å². The van der Waals surface area contributed by atoms with E-state index in [9.17, 15) is 4.79 Å². The van der Waals surface area contributed by atoms with Crippen LogP contribution in [0.3, 0.4) is 0 Å². The number of aryl methyl sites for hydroxylation is 2. The minimum Gasteiger partial charge on any atom is -0.321 e. The Morgan fingerprint density at radius 1 is 1.24 bits per heavy atom. The van der Waals surface area contributed by atoms with Gasteiger partial charge in [0.05, 0.1) is 0 Å². The second-order valence-electron chi connectivity index (χ2n) is 4.15. The fourth-order valence-electron chi connectivity index (χ4n) is 1.83. The molecule has 0 amide bonds. The van der Waals surface area contributed by atoms with Crippen LogP contribution in [0.15, 0.2) is 41.3 Å². The lowest BCUT2D eigenvalue weighted by Gasteiger charge is -2.12. The third-order valence-electron chi connectivity index (χ3n) is 2.75. The Hall–Kier alpha value is -1.35. The van der Waals surface area contributed by atoms with E-state index in [2.05, 4.69) is 35.0 Å². The van der Waals surface area contributed by atoms with E-state index in [-0.39, 0.29) is 5.43 Å². The lowest BCUT2D eigenvalue weighted by molar-refractivity contribution is 0.955. The third-order valence-corrected chi connectivity index (χ3v) is 3.35. The summed E-state index contributed by atoms with van der Waals surface area (Å²) in [5, 5.41) is 0.581. The Balaban J connectivity index is 2.63. The standard InChI is InChI=1S/C14H14BrNO/c1-10-4-3-5-13(6-10)16-9-12(8-15)14(17)7-11(16)2/h3-7,9H,8H2,1-2H3. The molecule has 0 radical (unpaired) electrons. The van der Waals surface area contributed by atoms with Crippen molar-refractivity contribution in [1.29, 1.82) is 0 Å². The number of pyridine rings is 1. The van der Waals surface area contributed by atoms with Crippen molar-refractivity contribution in [2.24, 2.45) is 0 Å². The molecule has 1 aromatic heterocycles. The highest BCUT2D eigenvalue weighted by atomic mass is 79.9. The molecule has 1 heterocycles. The van der Waals surface area contributed by atoms with E-state index in [1.165, 1.54) is 5.56 Å². The first kappa shape index (κ1) is 12.1. The van der Waals surface area contributed by atoms with E-state index in [0.717, 1.165) is 16.9 Å². The van der Waals surface area contributed by atoms with Gasteiger partial charge in [-0.1, -0.05) is 28.1 Å². The first-order valence-corrected chi connectivity index (χ1v) is 6.59. The maximum absolute atomic E-state index is 11.7. The number of aromatic nitrogens is 1. The number of nitrogens with zero attached hydrogens (tertiary/aromatic N) is 1. The number of hydrogen-bond acceptors (Lipinski definition) is 1. The first-order chi connectivity index (χ1) is 8.11. The smallest absolute Gasteiger partial charge is 0.185 e. The molecule has 88 valence electrons. The van der Waals surface area contributed by atoms with Gasteiger partial charge in [-0.3, -0.25) is 4.79 Å². The number of hydrogen-bond donors (Lipinski definition) is 0. The van der Waals surface area contributed by atoms with Gasteiger partial charge >= 0.3 is 0 Å². The molecule has 17 heavy (non-hydrogen) atoms. The number of rotatable bonds is 2. The molecular weight excluding hydrogens is 278 g/mol. The van der Waals surface area contributed by atoms with Crippen LogP contribution in [-0.2, 0) is 5.33 Å². The molecule has 0 spiro atoms.